The van der Waals surface area contributed by atoms with Crippen molar-refractivity contribution < 1.29 is 4.74 Å². The molecular weight excluding hydrogens is 304 g/mol. The van der Waals surface area contributed by atoms with Gasteiger partial charge in [0.25, 0.3) is 0 Å². The number of hydrogen-bond acceptors (Lipinski definition) is 3. The Hall–Kier alpha value is -0.740. The van der Waals surface area contributed by atoms with E-state index in [2.05, 4.69) is 52.1 Å². The normalized spacial score (nSPS) is 24.1. The Morgan fingerprint density at radius 3 is 2.95 bits per heavy atom. The number of nitrogens with one attached hydrogen (secondary N) is 1. The molecule has 1 unspecified atom stereocenters. The summed E-state index contributed by atoms with van der Waals surface area (Å²) < 4.78 is 6.48. The first-order valence-electron chi connectivity index (χ1n) is 6.91. The van der Waals surface area contributed by atoms with Crippen LogP contribution in [0.4, 0.5) is 5.69 Å². The van der Waals surface area contributed by atoms with Gasteiger partial charge in [0.05, 0.1) is 12.8 Å². The van der Waals surface area contributed by atoms with Gasteiger partial charge >= 0.3 is 0 Å². The molecule has 19 heavy (non-hydrogen) atoms. The fraction of sp³-hybridized carbons (Fsp3) is 0.600. The summed E-state index contributed by atoms with van der Waals surface area (Å²) in [6.45, 7) is 7.74. The summed E-state index contributed by atoms with van der Waals surface area (Å²) in [5, 5.41) is 3.67. The molecular formula is C15H23BrN2O. The molecule has 0 spiro atoms. The van der Waals surface area contributed by atoms with Gasteiger partial charge in [-0.2, -0.15) is 0 Å². The summed E-state index contributed by atoms with van der Waals surface area (Å²) in [5.41, 5.74) is 1.40. The molecule has 0 amide bonds. The summed E-state index contributed by atoms with van der Waals surface area (Å²) in [6.07, 6.45) is 2.30. The van der Waals surface area contributed by atoms with Gasteiger partial charge in [-0.05, 0) is 54.4 Å². The zero-order valence-corrected chi connectivity index (χ0v) is 13.6. The van der Waals surface area contributed by atoms with Crippen molar-refractivity contribution >= 4 is 21.6 Å². The second-order valence-corrected chi connectivity index (χ2v) is 6.29. The molecule has 0 aliphatic carbocycles. The molecule has 2 rings (SSSR count). The highest BCUT2D eigenvalue weighted by Crippen LogP contribution is 2.32. The van der Waals surface area contributed by atoms with E-state index in [1.54, 1.807) is 7.11 Å². The van der Waals surface area contributed by atoms with E-state index >= 15 is 0 Å². The standard InChI is InChI=1S/C15H23BrN2O/c1-4-15(2)11-18(9-5-8-17-15)14-10-12(19-3)6-7-13(14)16/h6-7,10,17H,4-5,8-9,11H2,1-3H3. The van der Waals surface area contributed by atoms with Crippen molar-refractivity contribution in [2.24, 2.45) is 0 Å². The molecule has 1 fully saturated rings. The van der Waals surface area contributed by atoms with Crippen LogP contribution in [0.2, 0.25) is 0 Å². The molecule has 1 aliphatic rings. The van der Waals surface area contributed by atoms with Crippen LogP contribution in [0.1, 0.15) is 26.7 Å². The van der Waals surface area contributed by atoms with E-state index in [0.717, 1.165) is 36.3 Å². The maximum absolute atomic E-state index is 5.35. The zero-order valence-electron chi connectivity index (χ0n) is 12.0. The topological polar surface area (TPSA) is 24.5 Å². The highest BCUT2D eigenvalue weighted by Gasteiger charge is 2.28. The second-order valence-electron chi connectivity index (χ2n) is 5.43. The lowest BCUT2D eigenvalue weighted by molar-refractivity contribution is 0.366. The predicted molar refractivity (Wildman–Crippen MR) is 84.2 cm³/mol. The van der Waals surface area contributed by atoms with Crippen molar-refractivity contribution in [1.29, 1.82) is 0 Å². The number of anilines is 1. The van der Waals surface area contributed by atoms with Crippen molar-refractivity contribution in [1.82, 2.24) is 5.32 Å². The Morgan fingerprint density at radius 2 is 2.26 bits per heavy atom. The minimum absolute atomic E-state index is 0.180. The Kier molecular flexibility index (Phi) is 4.74. The van der Waals surface area contributed by atoms with Crippen LogP contribution in [-0.4, -0.2) is 32.3 Å². The number of methoxy groups -OCH3 is 1. The van der Waals surface area contributed by atoms with Crippen LogP contribution in [0, 0.1) is 0 Å². The number of nitrogens with zero attached hydrogens (tertiary/aromatic N) is 1. The van der Waals surface area contributed by atoms with Crippen molar-refractivity contribution in [2.45, 2.75) is 32.2 Å². The lowest BCUT2D eigenvalue weighted by Crippen LogP contribution is -2.48. The van der Waals surface area contributed by atoms with Crippen LogP contribution in [0.3, 0.4) is 0 Å². The minimum atomic E-state index is 0.180. The highest BCUT2D eigenvalue weighted by molar-refractivity contribution is 9.10. The first kappa shape index (κ1) is 14.7. The number of halogens is 1. The van der Waals surface area contributed by atoms with Gasteiger partial charge < -0.3 is 15.0 Å². The van der Waals surface area contributed by atoms with E-state index in [-0.39, 0.29) is 5.54 Å². The molecule has 0 saturated carbocycles. The number of hydrogen-bond donors (Lipinski definition) is 1. The van der Waals surface area contributed by atoms with E-state index in [0.29, 0.717) is 0 Å². The summed E-state index contributed by atoms with van der Waals surface area (Å²) in [4.78, 5) is 2.45. The van der Waals surface area contributed by atoms with Gasteiger partial charge in [0.15, 0.2) is 0 Å². The molecule has 1 saturated heterocycles. The van der Waals surface area contributed by atoms with Crippen molar-refractivity contribution in [3.05, 3.63) is 22.7 Å². The fourth-order valence-electron chi connectivity index (χ4n) is 2.52. The Balaban J connectivity index is 2.28. The molecule has 0 aromatic heterocycles. The first-order chi connectivity index (χ1) is 9.08. The van der Waals surface area contributed by atoms with Crippen LogP contribution in [-0.2, 0) is 0 Å². The Morgan fingerprint density at radius 1 is 1.47 bits per heavy atom. The van der Waals surface area contributed by atoms with Crippen molar-refractivity contribution in [3.63, 3.8) is 0 Å². The first-order valence-corrected chi connectivity index (χ1v) is 7.71. The average molecular weight is 327 g/mol. The molecule has 1 aromatic carbocycles. The van der Waals surface area contributed by atoms with E-state index in [1.165, 1.54) is 12.1 Å². The summed E-state index contributed by atoms with van der Waals surface area (Å²) >= 11 is 3.66. The van der Waals surface area contributed by atoms with Crippen LogP contribution in [0.15, 0.2) is 22.7 Å². The summed E-state index contributed by atoms with van der Waals surface area (Å²) in [7, 11) is 1.72. The predicted octanol–water partition coefficient (Wildman–Crippen LogP) is 3.43. The lowest BCUT2D eigenvalue weighted by atomic mass is 9.98. The lowest BCUT2D eigenvalue weighted by Gasteiger charge is -2.34. The summed E-state index contributed by atoms with van der Waals surface area (Å²) in [6, 6.07) is 6.17. The molecule has 1 aromatic rings. The molecule has 0 radical (unpaired) electrons. The number of benzene rings is 1. The maximum atomic E-state index is 5.35. The monoisotopic (exact) mass is 326 g/mol. The van der Waals surface area contributed by atoms with Gasteiger partial charge in [0.2, 0.25) is 0 Å². The van der Waals surface area contributed by atoms with Crippen molar-refractivity contribution in [2.75, 3.05) is 31.6 Å². The van der Waals surface area contributed by atoms with Crippen molar-refractivity contribution in [3.8, 4) is 5.75 Å². The molecule has 4 heteroatoms. The third-order valence-electron chi connectivity index (χ3n) is 3.97. The van der Waals surface area contributed by atoms with Crippen LogP contribution in [0.5, 0.6) is 5.75 Å². The second kappa shape index (κ2) is 6.14. The molecule has 106 valence electrons. The van der Waals surface area contributed by atoms with Crippen LogP contribution >= 0.6 is 15.9 Å². The van der Waals surface area contributed by atoms with Gasteiger partial charge in [0, 0.05) is 29.2 Å². The Labute approximate surface area is 124 Å². The number of rotatable bonds is 3. The molecule has 0 bridgehead atoms. The van der Waals surface area contributed by atoms with E-state index in [4.69, 9.17) is 4.74 Å². The van der Waals surface area contributed by atoms with Gasteiger partial charge in [-0.3, -0.25) is 0 Å². The van der Waals surface area contributed by atoms with Gasteiger partial charge in [0.1, 0.15) is 5.75 Å². The van der Waals surface area contributed by atoms with Gasteiger partial charge in [-0.15, -0.1) is 0 Å². The maximum Gasteiger partial charge on any atom is 0.121 e. The third kappa shape index (κ3) is 3.42. The zero-order chi connectivity index (χ0) is 13.9. The molecule has 1 heterocycles. The fourth-order valence-corrected chi connectivity index (χ4v) is 3.02. The number of ether oxygens (including phenoxy) is 1. The van der Waals surface area contributed by atoms with Gasteiger partial charge in [-0.25, -0.2) is 0 Å². The smallest absolute Gasteiger partial charge is 0.121 e. The SMILES string of the molecule is CCC1(C)CN(c2cc(OC)ccc2Br)CCCN1. The quantitative estimate of drug-likeness (QED) is 0.921. The van der Waals surface area contributed by atoms with E-state index in [9.17, 15) is 0 Å². The minimum Gasteiger partial charge on any atom is -0.497 e. The third-order valence-corrected chi connectivity index (χ3v) is 4.64. The van der Waals surface area contributed by atoms with E-state index < -0.39 is 0 Å². The van der Waals surface area contributed by atoms with E-state index in [1.807, 2.05) is 6.07 Å². The van der Waals surface area contributed by atoms with Crippen LogP contribution < -0.4 is 15.0 Å². The molecule has 3 nitrogen and oxygen atoms in total. The largest absolute Gasteiger partial charge is 0.497 e. The van der Waals surface area contributed by atoms with Crippen LogP contribution in [0.25, 0.3) is 0 Å². The summed E-state index contributed by atoms with van der Waals surface area (Å²) in [5.74, 6) is 0.911. The molecule has 1 aliphatic heterocycles. The van der Waals surface area contributed by atoms with Gasteiger partial charge in [-0.1, -0.05) is 6.92 Å². The Bertz CT molecular complexity index is 438. The molecule has 1 atom stereocenters. The average Bonchev–Trinajstić information content (AvgIpc) is 2.62. The highest BCUT2D eigenvalue weighted by atomic mass is 79.9. The molecule has 1 N–H and O–H groups in total.